The van der Waals surface area contributed by atoms with E-state index in [2.05, 4.69) is 19.2 Å². The van der Waals surface area contributed by atoms with Crippen molar-refractivity contribution >= 4 is 11.8 Å². The maximum Gasteiger partial charge on any atom is 0.237 e. The Kier molecular flexibility index (Phi) is 6.93. The van der Waals surface area contributed by atoms with Gasteiger partial charge in [0.15, 0.2) is 0 Å². The Bertz CT molecular complexity index is 604. The number of hydrogen-bond acceptors (Lipinski definition) is 3. The Hall–Kier alpha value is -1.95. The van der Waals surface area contributed by atoms with Crippen LogP contribution in [0.2, 0.25) is 0 Å². The molecule has 1 fully saturated rings. The topological polar surface area (TPSA) is 52.7 Å². The maximum absolute atomic E-state index is 14.0. The van der Waals surface area contributed by atoms with Crippen LogP contribution in [0, 0.1) is 5.82 Å². The molecule has 0 radical (unpaired) electrons. The molecule has 0 aliphatic carbocycles. The number of halogens is 1. The van der Waals surface area contributed by atoms with E-state index in [4.69, 9.17) is 0 Å². The lowest BCUT2D eigenvalue weighted by Gasteiger charge is -2.36. The molecule has 2 rings (SSSR count). The summed E-state index contributed by atoms with van der Waals surface area (Å²) in [6.07, 6.45) is 1.89. The first-order valence-corrected chi connectivity index (χ1v) is 8.98. The number of benzene rings is 1. The Morgan fingerprint density at radius 2 is 2.04 bits per heavy atom. The van der Waals surface area contributed by atoms with Crippen LogP contribution < -0.4 is 5.32 Å². The molecule has 1 aromatic rings. The largest absolute Gasteiger partial charge is 0.353 e. The van der Waals surface area contributed by atoms with Gasteiger partial charge in [-0.3, -0.25) is 14.5 Å². The molecule has 0 bridgehead atoms. The molecule has 0 aromatic heterocycles. The van der Waals surface area contributed by atoms with Crippen molar-refractivity contribution in [1.29, 1.82) is 0 Å². The predicted octanol–water partition coefficient (Wildman–Crippen LogP) is 2.16. The van der Waals surface area contributed by atoms with E-state index >= 15 is 0 Å². The van der Waals surface area contributed by atoms with Crippen LogP contribution in [-0.4, -0.2) is 53.8 Å². The van der Waals surface area contributed by atoms with Gasteiger partial charge in [-0.25, -0.2) is 4.39 Å². The molecule has 1 aromatic carbocycles. The van der Waals surface area contributed by atoms with E-state index < -0.39 is 6.04 Å². The zero-order valence-electron chi connectivity index (χ0n) is 15.3. The zero-order valence-corrected chi connectivity index (χ0v) is 15.3. The van der Waals surface area contributed by atoms with Crippen LogP contribution in [0.1, 0.15) is 38.7 Å². The van der Waals surface area contributed by atoms with E-state index in [0.29, 0.717) is 25.2 Å². The molecule has 0 spiro atoms. The Labute approximate surface area is 149 Å². The lowest BCUT2D eigenvalue weighted by molar-refractivity contribution is -0.139. The Morgan fingerprint density at radius 1 is 1.36 bits per heavy atom. The number of nitrogens with zero attached hydrogens (tertiary/aromatic N) is 2. The number of hydrogen-bond donors (Lipinski definition) is 1. The third-order valence-electron chi connectivity index (χ3n) is 5.02. The number of piperazine rings is 1. The SMILES string of the molecule is CCC(CC)N(C)C(=O)C[C@H]1C(=O)NCCN1Cc1ccccc1F. The molecule has 25 heavy (non-hydrogen) atoms. The van der Waals surface area contributed by atoms with Gasteiger partial charge >= 0.3 is 0 Å². The van der Waals surface area contributed by atoms with Crippen molar-refractivity contribution in [3.63, 3.8) is 0 Å². The van der Waals surface area contributed by atoms with E-state index in [1.54, 1.807) is 30.1 Å². The summed E-state index contributed by atoms with van der Waals surface area (Å²) in [5.74, 6) is -0.490. The Morgan fingerprint density at radius 3 is 2.68 bits per heavy atom. The summed E-state index contributed by atoms with van der Waals surface area (Å²) in [6.45, 7) is 5.55. The minimum Gasteiger partial charge on any atom is -0.353 e. The van der Waals surface area contributed by atoms with E-state index in [0.717, 1.165) is 12.8 Å². The molecule has 1 heterocycles. The van der Waals surface area contributed by atoms with Crippen molar-refractivity contribution in [3.8, 4) is 0 Å². The molecular formula is C19H28FN3O2. The minimum absolute atomic E-state index is 0.0470. The highest BCUT2D eigenvalue weighted by Crippen LogP contribution is 2.18. The molecule has 1 N–H and O–H groups in total. The summed E-state index contributed by atoms with van der Waals surface area (Å²) >= 11 is 0. The fourth-order valence-electron chi connectivity index (χ4n) is 3.37. The summed E-state index contributed by atoms with van der Waals surface area (Å²) in [5.41, 5.74) is 0.544. The second kappa shape index (κ2) is 8.94. The van der Waals surface area contributed by atoms with Crippen LogP contribution in [0.25, 0.3) is 0 Å². The van der Waals surface area contributed by atoms with Gasteiger partial charge in [0.05, 0.1) is 12.5 Å². The third-order valence-corrected chi connectivity index (χ3v) is 5.02. The summed E-state index contributed by atoms with van der Waals surface area (Å²) in [7, 11) is 1.79. The standard InChI is InChI=1S/C19H28FN3O2/c1-4-15(5-2)22(3)18(24)12-17-19(25)21-10-11-23(17)13-14-8-6-7-9-16(14)20/h6-9,15,17H,4-5,10-13H2,1-3H3,(H,21,25)/t17-/m0/s1. The number of rotatable bonds is 7. The van der Waals surface area contributed by atoms with Crippen LogP contribution in [0.5, 0.6) is 0 Å². The molecule has 138 valence electrons. The number of nitrogens with one attached hydrogen (secondary N) is 1. The predicted molar refractivity (Wildman–Crippen MR) is 95.4 cm³/mol. The highest BCUT2D eigenvalue weighted by atomic mass is 19.1. The zero-order chi connectivity index (χ0) is 18.4. The highest BCUT2D eigenvalue weighted by molar-refractivity contribution is 5.88. The molecule has 1 saturated heterocycles. The average Bonchev–Trinajstić information content (AvgIpc) is 2.60. The van der Waals surface area contributed by atoms with Gasteiger partial charge in [-0.05, 0) is 18.9 Å². The second-order valence-electron chi connectivity index (χ2n) is 6.55. The normalized spacial score (nSPS) is 18.3. The highest BCUT2D eigenvalue weighted by Gasteiger charge is 2.33. The van der Waals surface area contributed by atoms with Crippen molar-refractivity contribution < 1.29 is 14.0 Å². The summed E-state index contributed by atoms with van der Waals surface area (Å²) in [4.78, 5) is 28.6. The molecular weight excluding hydrogens is 321 g/mol. The van der Waals surface area contributed by atoms with Gasteiger partial charge < -0.3 is 10.2 Å². The van der Waals surface area contributed by atoms with Gasteiger partial charge in [-0.15, -0.1) is 0 Å². The molecule has 1 atom stereocenters. The first-order valence-electron chi connectivity index (χ1n) is 8.98. The molecule has 0 unspecified atom stereocenters. The number of carbonyl (C=O) groups excluding carboxylic acids is 2. The van der Waals surface area contributed by atoms with Crippen molar-refractivity contribution in [1.82, 2.24) is 15.1 Å². The van der Waals surface area contributed by atoms with Gasteiger partial charge in [0.2, 0.25) is 11.8 Å². The van der Waals surface area contributed by atoms with E-state index in [9.17, 15) is 14.0 Å². The van der Waals surface area contributed by atoms with E-state index in [1.165, 1.54) is 6.07 Å². The molecule has 5 nitrogen and oxygen atoms in total. The van der Waals surface area contributed by atoms with Gasteiger partial charge in [-0.1, -0.05) is 32.0 Å². The summed E-state index contributed by atoms with van der Waals surface area (Å²) in [6, 6.07) is 6.19. The minimum atomic E-state index is -0.558. The molecule has 6 heteroatoms. The average molecular weight is 349 g/mol. The third kappa shape index (κ3) is 4.78. The summed E-state index contributed by atoms with van der Waals surface area (Å²) < 4.78 is 14.0. The van der Waals surface area contributed by atoms with Crippen molar-refractivity contribution in [3.05, 3.63) is 35.6 Å². The molecule has 0 saturated carbocycles. The van der Waals surface area contributed by atoms with Gasteiger partial charge in [0.25, 0.3) is 0 Å². The number of amides is 2. The van der Waals surface area contributed by atoms with Crippen LogP contribution in [0.15, 0.2) is 24.3 Å². The van der Waals surface area contributed by atoms with E-state index in [-0.39, 0.29) is 30.1 Å². The van der Waals surface area contributed by atoms with Gasteiger partial charge in [-0.2, -0.15) is 0 Å². The first-order chi connectivity index (χ1) is 12.0. The van der Waals surface area contributed by atoms with Crippen LogP contribution in [0.4, 0.5) is 4.39 Å². The number of carbonyl (C=O) groups is 2. The Balaban J connectivity index is 2.10. The van der Waals surface area contributed by atoms with Gasteiger partial charge in [0, 0.05) is 38.3 Å². The van der Waals surface area contributed by atoms with Crippen LogP contribution >= 0.6 is 0 Å². The lowest BCUT2D eigenvalue weighted by atomic mass is 10.0. The van der Waals surface area contributed by atoms with Crippen molar-refractivity contribution in [2.75, 3.05) is 20.1 Å². The fraction of sp³-hybridized carbons (Fsp3) is 0.579. The second-order valence-corrected chi connectivity index (χ2v) is 6.55. The van der Waals surface area contributed by atoms with Crippen LogP contribution in [-0.2, 0) is 16.1 Å². The first kappa shape index (κ1) is 19.4. The molecule has 1 aliphatic heterocycles. The van der Waals surface area contributed by atoms with Crippen molar-refractivity contribution in [2.24, 2.45) is 0 Å². The monoisotopic (exact) mass is 349 g/mol. The maximum atomic E-state index is 14.0. The summed E-state index contributed by atoms with van der Waals surface area (Å²) in [5, 5.41) is 2.82. The van der Waals surface area contributed by atoms with Crippen LogP contribution in [0.3, 0.4) is 0 Å². The fourth-order valence-corrected chi connectivity index (χ4v) is 3.37. The molecule has 1 aliphatic rings. The van der Waals surface area contributed by atoms with E-state index in [1.807, 2.05) is 4.90 Å². The smallest absolute Gasteiger partial charge is 0.237 e. The van der Waals surface area contributed by atoms with Crippen molar-refractivity contribution in [2.45, 2.75) is 51.7 Å². The molecule has 2 amide bonds. The quantitative estimate of drug-likeness (QED) is 0.821. The lowest BCUT2D eigenvalue weighted by Crippen LogP contribution is -2.56. The van der Waals surface area contributed by atoms with Gasteiger partial charge in [0.1, 0.15) is 5.82 Å².